The third kappa shape index (κ3) is 1.77. The van der Waals surface area contributed by atoms with Crippen LogP contribution in [0.2, 0.25) is 0 Å². The maximum atomic E-state index is 12.2. The fraction of sp³-hybridized carbons (Fsp3) is 0.154. The first-order valence-corrected chi connectivity index (χ1v) is 5.88. The van der Waals surface area contributed by atoms with Gasteiger partial charge < -0.3 is 4.74 Å². The maximum Gasteiger partial charge on any atom is 0.356 e. The molecule has 1 N–H and O–H groups in total. The van der Waals surface area contributed by atoms with E-state index >= 15 is 0 Å². The summed E-state index contributed by atoms with van der Waals surface area (Å²) in [5, 5.41) is 3.21. The van der Waals surface area contributed by atoms with E-state index in [-0.39, 0.29) is 17.9 Å². The van der Waals surface area contributed by atoms with Gasteiger partial charge in [0.2, 0.25) is 0 Å². The van der Waals surface area contributed by atoms with Crippen molar-refractivity contribution in [1.82, 2.24) is 14.6 Å². The second-order valence-corrected chi connectivity index (χ2v) is 4.02. The van der Waals surface area contributed by atoms with E-state index in [0.29, 0.717) is 16.6 Å². The van der Waals surface area contributed by atoms with Gasteiger partial charge in [0.1, 0.15) is 5.69 Å². The first-order chi connectivity index (χ1) is 9.20. The number of H-pyrrole nitrogens is 1. The Morgan fingerprint density at radius 2 is 2.21 bits per heavy atom. The molecule has 0 radical (unpaired) electrons. The number of nitrogens with one attached hydrogen (secondary N) is 1. The first-order valence-electron chi connectivity index (χ1n) is 5.88. The van der Waals surface area contributed by atoms with Gasteiger partial charge in [0.25, 0.3) is 5.56 Å². The van der Waals surface area contributed by atoms with Gasteiger partial charge in [-0.15, -0.1) is 0 Å². The van der Waals surface area contributed by atoms with Crippen LogP contribution in [0.4, 0.5) is 0 Å². The quantitative estimate of drug-likeness (QED) is 0.703. The highest BCUT2D eigenvalue weighted by Crippen LogP contribution is 2.10. The summed E-state index contributed by atoms with van der Waals surface area (Å²) >= 11 is 0. The number of hydrogen-bond donors (Lipinski definition) is 1. The molecule has 0 saturated heterocycles. The van der Waals surface area contributed by atoms with Crippen LogP contribution in [0.15, 0.2) is 35.1 Å². The Labute approximate surface area is 107 Å². The predicted molar refractivity (Wildman–Crippen MR) is 69.3 cm³/mol. The second kappa shape index (κ2) is 4.24. The van der Waals surface area contributed by atoms with Crippen LogP contribution in [0.25, 0.3) is 16.6 Å². The highest BCUT2D eigenvalue weighted by Gasteiger charge is 2.13. The van der Waals surface area contributed by atoms with E-state index in [4.69, 9.17) is 4.74 Å². The number of esters is 1. The van der Waals surface area contributed by atoms with E-state index in [1.165, 1.54) is 10.6 Å². The zero-order valence-corrected chi connectivity index (χ0v) is 10.2. The van der Waals surface area contributed by atoms with Gasteiger partial charge in [-0.05, 0) is 19.1 Å². The van der Waals surface area contributed by atoms with Gasteiger partial charge in [-0.2, -0.15) is 0 Å². The average Bonchev–Trinajstić information content (AvgIpc) is 2.84. The lowest BCUT2D eigenvalue weighted by molar-refractivity contribution is 0.0519. The molecule has 2 heterocycles. The van der Waals surface area contributed by atoms with Gasteiger partial charge in [0, 0.05) is 6.07 Å². The highest BCUT2D eigenvalue weighted by atomic mass is 16.5. The van der Waals surface area contributed by atoms with Gasteiger partial charge in [0.05, 0.1) is 17.5 Å². The lowest BCUT2D eigenvalue weighted by Crippen LogP contribution is -2.16. The number of aromatic amines is 1. The second-order valence-electron chi connectivity index (χ2n) is 4.02. The smallest absolute Gasteiger partial charge is 0.356 e. The molecule has 0 bridgehead atoms. The Morgan fingerprint density at radius 1 is 1.42 bits per heavy atom. The third-order valence-electron chi connectivity index (χ3n) is 2.80. The van der Waals surface area contributed by atoms with E-state index in [1.54, 1.807) is 25.1 Å². The van der Waals surface area contributed by atoms with Gasteiger partial charge in [0.15, 0.2) is 5.65 Å². The Bertz CT molecular complexity index is 832. The molecule has 96 valence electrons. The van der Waals surface area contributed by atoms with Crippen molar-refractivity contribution in [1.29, 1.82) is 0 Å². The van der Waals surface area contributed by atoms with Gasteiger partial charge in [-0.3, -0.25) is 9.89 Å². The summed E-state index contributed by atoms with van der Waals surface area (Å²) in [4.78, 5) is 28.2. The number of rotatable bonds is 2. The summed E-state index contributed by atoms with van der Waals surface area (Å²) < 4.78 is 6.13. The number of benzene rings is 1. The van der Waals surface area contributed by atoms with Crippen molar-refractivity contribution in [2.75, 3.05) is 6.61 Å². The van der Waals surface area contributed by atoms with Crippen LogP contribution in [-0.2, 0) is 4.74 Å². The SMILES string of the molecule is CCOC(=O)c1cc2nc3ccccc3c(=O)n2[nH]1. The van der Waals surface area contributed by atoms with Crippen molar-refractivity contribution in [2.45, 2.75) is 6.92 Å². The van der Waals surface area contributed by atoms with Crippen LogP contribution in [-0.4, -0.2) is 27.2 Å². The molecular formula is C13H11N3O3. The largest absolute Gasteiger partial charge is 0.461 e. The van der Waals surface area contributed by atoms with Gasteiger partial charge >= 0.3 is 5.97 Å². The van der Waals surface area contributed by atoms with Crippen molar-refractivity contribution in [3.05, 3.63) is 46.4 Å². The highest BCUT2D eigenvalue weighted by molar-refractivity contribution is 5.89. The molecule has 3 aromatic rings. The molecule has 0 spiro atoms. The lowest BCUT2D eigenvalue weighted by Gasteiger charge is -1.98. The topological polar surface area (TPSA) is 76.5 Å². The molecule has 0 saturated carbocycles. The number of hydrogen-bond acceptors (Lipinski definition) is 4. The number of aromatic nitrogens is 3. The minimum atomic E-state index is -0.503. The molecular weight excluding hydrogens is 246 g/mol. The average molecular weight is 257 g/mol. The summed E-state index contributed by atoms with van der Waals surface area (Å²) in [6.07, 6.45) is 0. The van der Waals surface area contributed by atoms with Crippen LogP contribution in [0, 0.1) is 0 Å². The summed E-state index contributed by atoms with van der Waals surface area (Å²) in [5.74, 6) is -0.503. The third-order valence-corrected chi connectivity index (χ3v) is 2.80. The summed E-state index contributed by atoms with van der Waals surface area (Å²) in [5.41, 5.74) is 0.964. The van der Waals surface area contributed by atoms with Crippen molar-refractivity contribution in [3.8, 4) is 0 Å². The molecule has 0 aliphatic rings. The Kier molecular flexibility index (Phi) is 2.56. The fourth-order valence-electron chi connectivity index (χ4n) is 1.95. The maximum absolute atomic E-state index is 12.2. The minimum Gasteiger partial charge on any atom is -0.461 e. The van der Waals surface area contributed by atoms with Crippen LogP contribution in [0.1, 0.15) is 17.4 Å². The summed E-state index contributed by atoms with van der Waals surface area (Å²) in [6.45, 7) is 2.00. The lowest BCUT2D eigenvalue weighted by atomic mass is 10.2. The number of carbonyl (C=O) groups excluding carboxylic acids is 1. The van der Waals surface area contributed by atoms with Crippen molar-refractivity contribution in [2.24, 2.45) is 0 Å². The molecule has 19 heavy (non-hydrogen) atoms. The Hall–Kier alpha value is -2.63. The summed E-state index contributed by atoms with van der Waals surface area (Å²) in [7, 11) is 0. The van der Waals surface area contributed by atoms with Gasteiger partial charge in [-0.1, -0.05) is 12.1 Å². The number of fused-ring (bicyclic) bond motifs is 2. The van der Waals surface area contributed by atoms with E-state index in [0.717, 1.165) is 0 Å². The standard InChI is InChI=1S/C13H11N3O3/c1-2-19-13(18)10-7-11-14-9-6-4-3-5-8(9)12(17)16(11)15-10/h3-7,15H,2H2,1H3. The number of para-hydroxylation sites is 1. The minimum absolute atomic E-state index is 0.210. The molecule has 2 aromatic heterocycles. The number of ether oxygens (including phenoxy) is 1. The Morgan fingerprint density at radius 3 is 3.00 bits per heavy atom. The zero-order valence-electron chi connectivity index (χ0n) is 10.2. The van der Waals surface area contributed by atoms with Crippen LogP contribution in [0.3, 0.4) is 0 Å². The van der Waals surface area contributed by atoms with E-state index in [2.05, 4.69) is 10.1 Å². The first kappa shape index (κ1) is 11.5. The molecule has 0 aliphatic heterocycles. The van der Waals surface area contributed by atoms with E-state index in [9.17, 15) is 9.59 Å². The Balaban J connectivity index is 2.28. The predicted octanol–water partition coefficient (Wildman–Crippen LogP) is 1.35. The monoisotopic (exact) mass is 257 g/mol. The molecule has 0 unspecified atom stereocenters. The molecule has 1 aromatic carbocycles. The number of nitrogens with zero attached hydrogens (tertiary/aromatic N) is 2. The zero-order chi connectivity index (χ0) is 13.4. The van der Waals surface area contributed by atoms with Gasteiger partial charge in [-0.25, -0.2) is 14.3 Å². The van der Waals surface area contributed by atoms with E-state index < -0.39 is 5.97 Å². The van der Waals surface area contributed by atoms with Crippen molar-refractivity contribution in [3.63, 3.8) is 0 Å². The van der Waals surface area contributed by atoms with Crippen LogP contribution < -0.4 is 5.56 Å². The van der Waals surface area contributed by atoms with Crippen LogP contribution >= 0.6 is 0 Å². The fourth-order valence-corrected chi connectivity index (χ4v) is 1.95. The molecule has 6 heteroatoms. The molecule has 3 rings (SSSR count). The molecule has 6 nitrogen and oxygen atoms in total. The van der Waals surface area contributed by atoms with Crippen molar-refractivity contribution >= 4 is 22.5 Å². The number of carbonyl (C=O) groups is 1. The van der Waals surface area contributed by atoms with Crippen LogP contribution in [0.5, 0.6) is 0 Å². The van der Waals surface area contributed by atoms with E-state index in [1.807, 2.05) is 6.07 Å². The molecule has 0 fully saturated rings. The normalized spacial score (nSPS) is 11.0. The molecule has 0 amide bonds. The van der Waals surface area contributed by atoms with Crippen molar-refractivity contribution < 1.29 is 9.53 Å². The molecule has 0 atom stereocenters. The summed E-state index contributed by atoms with van der Waals surface area (Å²) in [6, 6.07) is 8.54. The molecule has 0 aliphatic carbocycles.